The van der Waals surface area contributed by atoms with Crippen molar-refractivity contribution in [1.29, 1.82) is 0 Å². The number of aromatic nitrogens is 2. The lowest BCUT2D eigenvalue weighted by molar-refractivity contribution is -0.116. The first-order valence-electron chi connectivity index (χ1n) is 8.57. The number of amides is 1. The third-order valence-electron chi connectivity index (χ3n) is 3.64. The summed E-state index contributed by atoms with van der Waals surface area (Å²) >= 11 is 1.55. The monoisotopic (exact) mass is 385 g/mol. The molecule has 2 heterocycles. The maximum atomic E-state index is 12.1. The highest BCUT2D eigenvalue weighted by molar-refractivity contribution is 7.08. The van der Waals surface area contributed by atoms with E-state index in [9.17, 15) is 9.59 Å². The highest BCUT2D eigenvalue weighted by Gasteiger charge is 2.12. The number of carbonyl (C=O) groups excluding carboxylic acids is 2. The van der Waals surface area contributed by atoms with Crippen LogP contribution in [0.4, 0.5) is 5.69 Å². The van der Waals surface area contributed by atoms with Gasteiger partial charge in [0, 0.05) is 29.5 Å². The first kappa shape index (κ1) is 18.8. The average molecular weight is 385 g/mol. The zero-order valence-corrected chi connectivity index (χ0v) is 15.6. The van der Waals surface area contributed by atoms with Gasteiger partial charge in [0.15, 0.2) is 0 Å². The molecule has 8 heteroatoms. The van der Waals surface area contributed by atoms with Gasteiger partial charge in [0.05, 0.1) is 12.2 Å². The van der Waals surface area contributed by atoms with Crippen LogP contribution in [0, 0.1) is 0 Å². The minimum atomic E-state index is -0.368. The molecule has 0 unspecified atom stereocenters. The molecule has 0 bridgehead atoms. The van der Waals surface area contributed by atoms with E-state index in [0.717, 1.165) is 12.0 Å². The fourth-order valence-electron chi connectivity index (χ4n) is 2.27. The van der Waals surface area contributed by atoms with E-state index < -0.39 is 0 Å². The van der Waals surface area contributed by atoms with Crippen molar-refractivity contribution >= 4 is 28.9 Å². The minimum absolute atomic E-state index is 0.174. The quantitative estimate of drug-likeness (QED) is 0.590. The lowest BCUT2D eigenvalue weighted by atomic mass is 10.2. The maximum absolute atomic E-state index is 12.1. The molecule has 1 amide bonds. The van der Waals surface area contributed by atoms with Gasteiger partial charge < -0.3 is 14.5 Å². The van der Waals surface area contributed by atoms with E-state index in [4.69, 9.17) is 9.15 Å². The molecule has 0 atom stereocenters. The number of hydrogen-bond acceptors (Lipinski definition) is 7. The number of hydrogen-bond donors (Lipinski definition) is 1. The van der Waals surface area contributed by atoms with Crippen molar-refractivity contribution in [3.05, 3.63) is 52.5 Å². The van der Waals surface area contributed by atoms with E-state index in [1.807, 2.05) is 23.8 Å². The molecule has 2 aromatic heterocycles. The van der Waals surface area contributed by atoms with Crippen LogP contribution in [0.25, 0.3) is 11.5 Å². The van der Waals surface area contributed by atoms with Crippen molar-refractivity contribution in [3.8, 4) is 11.5 Å². The van der Waals surface area contributed by atoms with Crippen molar-refractivity contribution in [2.45, 2.75) is 26.2 Å². The molecule has 0 radical (unpaired) electrons. The molecule has 3 aromatic rings. The van der Waals surface area contributed by atoms with E-state index >= 15 is 0 Å². The van der Waals surface area contributed by atoms with E-state index in [1.165, 1.54) is 0 Å². The number of carbonyl (C=O) groups is 2. The number of esters is 1. The van der Waals surface area contributed by atoms with E-state index in [-0.39, 0.29) is 18.3 Å². The molecule has 7 nitrogen and oxygen atoms in total. The van der Waals surface area contributed by atoms with Gasteiger partial charge in [0.1, 0.15) is 0 Å². The van der Waals surface area contributed by atoms with Gasteiger partial charge in [0.25, 0.3) is 0 Å². The van der Waals surface area contributed by atoms with Gasteiger partial charge >= 0.3 is 5.97 Å². The summed E-state index contributed by atoms with van der Waals surface area (Å²) in [4.78, 5) is 23.8. The SMILES string of the molecule is CCCOC(=O)c1ccc(NC(=O)CCc2nnc(-c3ccsc3)o2)cc1. The molecule has 0 saturated heterocycles. The van der Waals surface area contributed by atoms with Crippen LogP contribution in [0.1, 0.15) is 36.0 Å². The summed E-state index contributed by atoms with van der Waals surface area (Å²) in [5, 5.41) is 14.6. The summed E-state index contributed by atoms with van der Waals surface area (Å²) in [6.07, 6.45) is 1.34. The Morgan fingerprint density at radius 1 is 1.19 bits per heavy atom. The third-order valence-corrected chi connectivity index (χ3v) is 4.33. The number of aryl methyl sites for hydroxylation is 1. The van der Waals surface area contributed by atoms with Gasteiger partial charge in [-0.3, -0.25) is 4.79 Å². The first-order chi connectivity index (χ1) is 13.2. The fraction of sp³-hybridized carbons (Fsp3) is 0.263. The normalized spacial score (nSPS) is 10.6. The van der Waals surface area contributed by atoms with Crippen LogP contribution in [0.3, 0.4) is 0 Å². The van der Waals surface area contributed by atoms with Crippen LogP contribution in [-0.4, -0.2) is 28.7 Å². The van der Waals surface area contributed by atoms with E-state index in [2.05, 4.69) is 15.5 Å². The molecule has 3 rings (SSSR count). The van der Waals surface area contributed by atoms with Crippen LogP contribution in [-0.2, 0) is 16.0 Å². The average Bonchev–Trinajstić information content (AvgIpc) is 3.36. The topological polar surface area (TPSA) is 94.3 Å². The van der Waals surface area contributed by atoms with E-state index in [1.54, 1.807) is 35.6 Å². The third kappa shape index (κ3) is 5.24. The standard InChI is InChI=1S/C19H19N3O4S/c1-2-10-25-19(24)13-3-5-15(6-4-13)20-16(23)7-8-17-21-22-18(26-17)14-9-11-27-12-14/h3-6,9,11-12H,2,7-8,10H2,1H3,(H,20,23). The summed E-state index contributed by atoms with van der Waals surface area (Å²) in [6, 6.07) is 8.48. The summed E-state index contributed by atoms with van der Waals surface area (Å²) in [6.45, 7) is 2.32. The minimum Gasteiger partial charge on any atom is -0.462 e. The smallest absolute Gasteiger partial charge is 0.338 e. The number of thiophene rings is 1. The van der Waals surface area contributed by atoms with Crippen molar-refractivity contribution in [2.75, 3.05) is 11.9 Å². The second kappa shape index (κ2) is 9.09. The largest absolute Gasteiger partial charge is 0.462 e. The Kier molecular flexibility index (Phi) is 6.32. The first-order valence-corrected chi connectivity index (χ1v) is 9.52. The van der Waals surface area contributed by atoms with Crippen molar-refractivity contribution in [2.24, 2.45) is 0 Å². The Morgan fingerprint density at radius 2 is 2.00 bits per heavy atom. The van der Waals surface area contributed by atoms with Gasteiger partial charge in [-0.15, -0.1) is 10.2 Å². The molecule has 0 aliphatic rings. The lowest BCUT2D eigenvalue weighted by Gasteiger charge is -2.06. The molecule has 0 saturated carbocycles. The van der Waals surface area contributed by atoms with Gasteiger partial charge in [-0.25, -0.2) is 4.79 Å². The molecule has 27 heavy (non-hydrogen) atoms. The fourth-order valence-corrected chi connectivity index (χ4v) is 2.90. The Bertz CT molecular complexity index is 888. The summed E-state index contributed by atoms with van der Waals surface area (Å²) in [5.41, 5.74) is 1.94. The summed E-state index contributed by atoms with van der Waals surface area (Å²) < 4.78 is 10.6. The molecule has 0 spiro atoms. The molecule has 0 fully saturated rings. The number of rotatable bonds is 8. The van der Waals surface area contributed by atoms with Crippen molar-refractivity contribution in [1.82, 2.24) is 10.2 Å². The number of nitrogens with one attached hydrogen (secondary N) is 1. The lowest BCUT2D eigenvalue weighted by Crippen LogP contribution is -2.13. The van der Waals surface area contributed by atoms with Crippen LogP contribution in [0.15, 0.2) is 45.5 Å². The second-order valence-electron chi connectivity index (χ2n) is 5.77. The summed E-state index contributed by atoms with van der Waals surface area (Å²) in [7, 11) is 0. The van der Waals surface area contributed by atoms with Crippen LogP contribution in [0.5, 0.6) is 0 Å². The highest BCUT2D eigenvalue weighted by Crippen LogP contribution is 2.21. The Morgan fingerprint density at radius 3 is 2.70 bits per heavy atom. The second-order valence-corrected chi connectivity index (χ2v) is 6.55. The predicted octanol–water partition coefficient (Wildman–Crippen LogP) is 3.94. The molecule has 1 N–H and O–H groups in total. The van der Waals surface area contributed by atoms with Crippen LogP contribution in [0.2, 0.25) is 0 Å². The van der Waals surface area contributed by atoms with Gasteiger partial charge in [-0.1, -0.05) is 6.92 Å². The maximum Gasteiger partial charge on any atom is 0.338 e. The van der Waals surface area contributed by atoms with Gasteiger partial charge in [-0.05, 0) is 42.1 Å². The molecule has 140 valence electrons. The molecular formula is C19H19N3O4S. The number of ether oxygens (including phenoxy) is 1. The number of nitrogens with zero attached hydrogens (tertiary/aromatic N) is 2. The number of benzene rings is 1. The predicted molar refractivity (Wildman–Crippen MR) is 102 cm³/mol. The molecule has 0 aliphatic heterocycles. The summed E-state index contributed by atoms with van der Waals surface area (Å²) in [5.74, 6) is 0.330. The van der Waals surface area contributed by atoms with Crippen LogP contribution < -0.4 is 5.32 Å². The Balaban J connectivity index is 1.48. The molecule has 1 aromatic carbocycles. The Hall–Kier alpha value is -3.00. The zero-order valence-electron chi connectivity index (χ0n) is 14.8. The van der Waals surface area contributed by atoms with Crippen LogP contribution >= 0.6 is 11.3 Å². The molecular weight excluding hydrogens is 366 g/mol. The number of anilines is 1. The van der Waals surface area contributed by atoms with Crippen molar-refractivity contribution < 1.29 is 18.7 Å². The highest BCUT2D eigenvalue weighted by atomic mass is 32.1. The van der Waals surface area contributed by atoms with Gasteiger partial charge in [-0.2, -0.15) is 11.3 Å². The zero-order chi connectivity index (χ0) is 19.1. The van der Waals surface area contributed by atoms with E-state index in [0.29, 0.717) is 36.1 Å². The van der Waals surface area contributed by atoms with Crippen molar-refractivity contribution in [3.63, 3.8) is 0 Å². The van der Waals surface area contributed by atoms with Gasteiger partial charge in [0.2, 0.25) is 17.7 Å². The molecule has 0 aliphatic carbocycles. The Labute approximate surface area is 160 Å².